The number of para-hydroxylation sites is 1. The normalized spacial score (nSPS) is 21.4. The average molecular weight is 472 g/mol. The summed E-state index contributed by atoms with van der Waals surface area (Å²) in [6.07, 6.45) is 3.46. The van der Waals surface area contributed by atoms with Crippen molar-refractivity contribution in [3.05, 3.63) is 59.1 Å². The molecule has 1 aromatic heterocycles. The molecule has 2 aromatic carbocycles. The number of amides is 1. The first-order valence-electron chi connectivity index (χ1n) is 10.9. The number of fused-ring (bicyclic) bond motifs is 1. The Labute approximate surface area is 191 Å². The van der Waals surface area contributed by atoms with Crippen LogP contribution in [0.1, 0.15) is 47.1 Å². The predicted molar refractivity (Wildman–Crippen MR) is 123 cm³/mol. The molecule has 1 amide bonds. The highest BCUT2D eigenvalue weighted by molar-refractivity contribution is 7.89. The average Bonchev–Trinajstić information content (AvgIpc) is 3.57. The SMILES string of the molecule is O=C(c1cccc(S(=O)(=O)NC[C@@H]2CCCO2)c1)N1CCC[C@@H]1c1nc2ccccc2s1. The quantitative estimate of drug-likeness (QED) is 0.592. The van der Waals surface area contributed by atoms with E-state index in [1.165, 1.54) is 12.1 Å². The van der Waals surface area contributed by atoms with Gasteiger partial charge in [-0.05, 0) is 56.0 Å². The molecule has 0 aliphatic carbocycles. The fourth-order valence-corrected chi connectivity index (χ4v) is 6.58. The van der Waals surface area contributed by atoms with Gasteiger partial charge in [-0.2, -0.15) is 0 Å². The second kappa shape index (κ2) is 8.90. The number of hydrogen-bond donors (Lipinski definition) is 1. The van der Waals surface area contributed by atoms with Crippen molar-refractivity contribution in [2.75, 3.05) is 19.7 Å². The van der Waals surface area contributed by atoms with E-state index in [2.05, 4.69) is 4.72 Å². The summed E-state index contributed by atoms with van der Waals surface area (Å²) < 4.78 is 34.8. The number of nitrogens with one attached hydrogen (secondary N) is 1. The van der Waals surface area contributed by atoms with E-state index in [1.54, 1.807) is 23.5 Å². The van der Waals surface area contributed by atoms with E-state index in [9.17, 15) is 13.2 Å². The molecule has 9 heteroatoms. The molecular weight excluding hydrogens is 446 g/mol. The van der Waals surface area contributed by atoms with Gasteiger partial charge in [0.1, 0.15) is 5.01 Å². The highest BCUT2D eigenvalue weighted by Crippen LogP contribution is 2.37. The lowest BCUT2D eigenvalue weighted by Gasteiger charge is -2.23. The fourth-order valence-electron chi connectivity index (χ4n) is 4.35. The first kappa shape index (κ1) is 21.5. The van der Waals surface area contributed by atoms with Crippen LogP contribution in [0.4, 0.5) is 0 Å². The summed E-state index contributed by atoms with van der Waals surface area (Å²) in [5.41, 5.74) is 1.32. The number of hydrogen-bond acceptors (Lipinski definition) is 6. The predicted octanol–water partition coefficient (Wildman–Crippen LogP) is 3.73. The molecule has 32 heavy (non-hydrogen) atoms. The maximum absolute atomic E-state index is 13.4. The van der Waals surface area contributed by atoms with Gasteiger partial charge >= 0.3 is 0 Å². The van der Waals surface area contributed by atoms with Crippen molar-refractivity contribution >= 4 is 37.5 Å². The summed E-state index contributed by atoms with van der Waals surface area (Å²) >= 11 is 1.61. The van der Waals surface area contributed by atoms with Gasteiger partial charge in [0.2, 0.25) is 10.0 Å². The van der Waals surface area contributed by atoms with Crippen LogP contribution in [0.25, 0.3) is 10.2 Å². The van der Waals surface area contributed by atoms with Crippen molar-refractivity contribution in [3.63, 3.8) is 0 Å². The van der Waals surface area contributed by atoms with Gasteiger partial charge < -0.3 is 9.64 Å². The molecule has 2 aliphatic rings. The van der Waals surface area contributed by atoms with E-state index in [4.69, 9.17) is 9.72 Å². The Balaban J connectivity index is 1.35. The first-order chi connectivity index (χ1) is 15.5. The molecule has 2 saturated heterocycles. The number of carbonyl (C=O) groups is 1. The molecule has 0 bridgehead atoms. The number of sulfonamides is 1. The van der Waals surface area contributed by atoms with Crippen molar-refractivity contribution in [2.24, 2.45) is 0 Å². The zero-order valence-corrected chi connectivity index (χ0v) is 19.2. The maximum Gasteiger partial charge on any atom is 0.254 e. The van der Waals surface area contributed by atoms with Gasteiger partial charge in [0, 0.05) is 25.3 Å². The van der Waals surface area contributed by atoms with Gasteiger partial charge in [0.05, 0.1) is 27.3 Å². The fraction of sp³-hybridized carbons (Fsp3) is 0.391. The van der Waals surface area contributed by atoms with Crippen LogP contribution in [0.15, 0.2) is 53.4 Å². The van der Waals surface area contributed by atoms with Gasteiger partial charge in [-0.3, -0.25) is 4.79 Å². The molecule has 2 atom stereocenters. The van der Waals surface area contributed by atoms with Crippen LogP contribution >= 0.6 is 11.3 Å². The summed E-state index contributed by atoms with van der Waals surface area (Å²) in [6, 6.07) is 14.2. The van der Waals surface area contributed by atoms with Crippen LogP contribution in [0.3, 0.4) is 0 Å². The second-order valence-corrected chi connectivity index (χ2v) is 11.0. The minimum Gasteiger partial charge on any atom is -0.377 e. The number of ether oxygens (including phenoxy) is 1. The van der Waals surface area contributed by atoms with Gasteiger partial charge in [0.25, 0.3) is 5.91 Å². The molecule has 2 fully saturated rings. The third-order valence-electron chi connectivity index (χ3n) is 6.03. The molecule has 2 aliphatic heterocycles. The maximum atomic E-state index is 13.4. The van der Waals surface area contributed by atoms with E-state index < -0.39 is 10.0 Å². The Bertz CT molecular complexity index is 1200. The van der Waals surface area contributed by atoms with Gasteiger partial charge in [-0.15, -0.1) is 11.3 Å². The number of likely N-dealkylation sites (tertiary alicyclic amines) is 1. The van der Waals surface area contributed by atoms with Crippen molar-refractivity contribution < 1.29 is 17.9 Å². The van der Waals surface area contributed by atoms with Gasteiger partial charge in [-0.1, -0.05) is 18.2 Å². The lowest BCUT2D eigenvalue weighted by atomic mass is 10.1. The number of aromatic nitrogens is 1. The number of rotatable bonds is 6. The number of nitrogens with zero attached hydrogens (tertiary/aromatic N) is 2. The molecule has 3 aromatic rings. The Hall–Kier alpha value is -2.33. The lowest BCUT2D eigenvalue weighted by Crippen LogP contribution is -2.32. The molecular formula is C23H25N3O4S2. The Kier molecular flexibility index (Phi) is 5.98. The van der Waals surface area contributed by atoms with Gasteiger partial charge in [0.15, 0.2) is 0 Å². The second-order valence-electron chi connectivity index (χ2n) is 8.19. The monoisotopic (exact) mass is 471 g/mol. The Morgan fingerprint density at radius 2 is 2.03 bits per heavy atom. The van der Waals surface area contributed by atoms with Gasteiger partial charge in [-0.25, -0.2) is 18.1 Å². The number of thiazole rings is 1. The van der Waals surface area contributed by atoms with Crippen LogP contribution in [0.2, 0.25) is 0 Å². The Morgan fingerprint density at radius 1 is 1.16 bits per heavy atom. The standard InChI is InChI=1S/C23H25N3O4S2/c27-23(26-12-4-10-20(26)22-25-19-9-1-2-11-21(19)31-22)16-6-3-8-18(14-16)32(28,29)24-15-17-7-5-13-30-17/h1-3,6,8-9,11,14,17,20,24H,4-5,7,10,12-13,15H2/t17-,20+/m0/s1. The number of benzene rings is 2. The highest BCUT2D eigenvalue weighted by Gasteiger charge is 2.33. The molecule has 168 valence electrons. The first-order valence-corrected chi connectivity index (χ1v) is 13.2. The summed E-state index contributed by atoms with van der Waals surface area (Å²) in [5, 5.41) is 0.930. The molecule has 1 N–H and O–H groups in total. The molecule has 5 rings (SSSR count). The van der Waals surface area contributed by atoms with Crippen molar-refractivity contribution in [1.82, 2.24) is 14.6 Å². The summed E-state index contributed by atoms with van der Waals surface area (Å²) in [7, 11) is -3.72. The molecule has 0 radical (unpaired) electrons. The largest absolute Gasteiger partial charge is 0.377 e. The van der Waals surface area contributed by atoms with Crippen molar-refractivity contribution in [3.8, 4) is 0 Å². The molecule has 0 spiro atoms. The number of carbonyl (C=O) groups excluding carboxylic acids is 1. The van der Waals surface area contributed by atoms with Crippen molar-refractivity contribution in [1.29, 1.82) is 0 Å². The van der Waals surface area contributed by atoms with Crippen LogP contribution in [-0.4, -0.2) is 50.0 Å². The van der Waals surface area contributed by atoms with E-state index in [0.29, 0.717) is 18.7 Å². The molecule has 7 nitrogen and oxygen atoms in total. The smallest absolute Gasteiger partial charge is 0.254 e. The summed E-state index contributed by atoms with van der Waals surface area (Å²) in [6.45, 7) is 1.54. The zero-order chi connectivity index (χ0) is 22.1. The van der Waals surface area contributed by atoms with Crippen molar-refractivity contribution in [2.45, 2.75) is 42.7 Å². The third-order valence-corrected chi connectivity index (χ3v) is 8.58. The topological polar surface area (TPSA) is 88.6 Å². The van der Waals surface area contributed by atoms with E-state index >= 15 is 0 Å². The van der Waals surface area contributed by atoms with E-state index in [1.807, 2.05) is 29.2 Å². The lowest BCUT2D eigenvalue weighted by molar-refractivity contribution is 0.0735. The van der Waals surface area contributed by atoms with Crippen LogP contribution in [-0.2, 0) is 14.8 Å². The Morgan fingerprint density at radius 3 is 2.84 bits per heavy atom. The summed E-state index contributed by atoms with van der Waals surface area (Å²) in [4.78, 5) is 20.0. The molecule has 0 unspecified atom stereocenters. The van der Waals surface area contributed by atoms with Crippen LogP contribution < -0.4 is 4.72 Å². The van der Waals surface area contributed by atoms with E-state index in [-0.39, 0.29) is 29.5 Å². The van der Waals surface area contributed by atoms with E-state index in [0.717, 1.165) is 40.9 Å². The minimum atomic E-state index is -3.72. The van der Waals surface area contributed by atoms with Crippen LogP contribution in [0, 0.1) is 0 Å². The third kappa shape index (κ3) is 4.30. The van der Waals surface area contributed by atoms with Crippen LogP contribution in [0.5, 0.6) is 0 Å². The zero-order valence-electron chi connectivity index (χ0n) is 17.6. The molecule has 3 heterocycles. The summed E-state index contributed by atoms with van der Waals surface area (Å²) in [5.74, 6) is -0.164. The minimum absolute atomic E-state index is 0.0854. The molecule has 0 saturated carbocycles. The highest BCUT2D eigenvalue weighted by atomic mass is 32.2.